The quantitative estimate of drug-likeness (QED) is 0.698. The molecule has 2 amide bonds. The lowest BCUT2D eigenvalue weighted by atomic mass is 9.50. The van der Waals surface area contributed by atoms with E-state index in [4.69, 9.17) is 14.7 Å². The van der Waals surface area contributed by atoms with Gasteiger partial charge in [0.05, 0.1) is 6.04 Å². The molecule has 12 heteroatoms. The zero-order chi connectivity index (χ0) is 19.0. The average Bonchev–Trinajstić information content (AvgIpc) is 3.09. The number of fused-ring (bicyclic) bond motifs is 2. The van der Waals surface area contributed by atoms with Gasteiger partial charge in [-0.05, 0) is 43.9 Å². The van der Waals surface area contributed by atoms with Crippen LogP contribution in [0.1, 0.15) is 62.3 Å². The first-order chi connectivity index (χ1) is 12.7. The fourth-order valence-electron chi connectivity index (χ4n) is 5.18. The Bertz CT molecular complexity index is 873. The molecule has 27 heavy (non-hydrogen) atoms. The molecule has 4 aliphatic rings. The van der Waals surface area contributed by atoms with E-state index in [-0.39, 0.29) is 12.5 Å². The summed E-state index contributed by atoms with van der Waals surface area (Å²) in [6.07, 6.45) is 5.18. The van der Waals surface area contributed by atoms with E-state index >= 15 is 0 Å². The second kappa shape index (κ2) is 5.63. The SMILES string of the molecule is NC1CC2(C1)CC(c1nnc([C@@H]3CC[C@@H]4CN3C(=O)N4OS(=O)(=O)O)o1)C2. The maximum Gasteiger partial charge on any atom is 0.418 e. The molecule has 1 spiro atoms. The highest BCUT2D eigenvalue weighted by Crippen LogP contribution is 2.61. The third kappa shape index (κ3) is 2.82. The predicted octanol–water partition coefficient (Wildman–Crippen LogP) is 0.730. The summed E-state index contributed by atoms with van der Waals surface area (Å²) in [5.41, 5.74) is 6.25. The number of piperidine rings is 1. The van der Waals surface area contributed by atoms with Crippen LogP contribution >= 0.6 is 0 Å². The minimum atomic E-state index is -4.76. The first kappa shape index (κ1) is 17.3. The summed E-state index contributed by atoms with van der Waals surface area (Å²) in [5, 5.41) is 9.02. The molecule has 148 valence electrons. The van der Waals surface area contributed by atoms with E-state index in [1.807, 2.05) is 0 Å². The van der Waals surface area contributed by atoms with Crippen molar-refractivity contribution in [3.8, 4) is 0 Å². The van der Waals surface area contributed by atoms with Crippen LogP contribution in [-0.4, -0.2) is 57.8 Å². The van der Waals surface area contributed by atoms with Crippen molar-refractivity contribution in [2.45, 2.75) is 62.6 Å². The van der Waals surface area contributed by atoms with E-state index in [1.54, 1.807) is 0 Å². The lowest BCUT2D eigenvalue weighted by Crippen LogP contribution is -2.52. The van der Waals surface area contributed by atoms with Crippen LogP contribution in [-0.2, 0) is 14.7 Å². The zero-order valence-corrected chi connectivity index (χ0v) is 15.3. The Morgan fingerprint density at radius 2 is 1.89 bits per heavy atom. The number of nitrogens with two attached hydrogens (primary N) is 1. The third-order valence-electron chi connectivity index (χ3n) is 6.34. The van der Waals surface area contributed by atoms with E-state index in [9.17, 15) is 13.2 Å². The molecule has 2 saturated carbocycles. The van der Waals surface area contributed by atoms with Gasteiger partial charge in [-0.25, -0.2) is 4.79 Å². The Labute approximate surface area is 155 Å². The highest BCUT2D eigenvalue weighted by Gasteiger charge is 2.54. The Kier molecular flexibility index (Phi) is 3.61. The van der Waals surface area contributed by atoms with Gasteiger partial charge < -0.3 is 15.1 Å². The Morgan fingerprint density at radius 1 is 1.19 bits per heavy atom. The minimum Gasteiger partial charge on any atom is -0.423 e. The van der Waals surface area contributed by atoms with Gasteiger partial charge in [-0.15, -0.1) is 14.5 Å². The molecule has 2 atom stereocenters. The van der Waals surface area contributed by atoms with Crippen LogP contribution in [0.2, 0.25) is 0 Å². The molecule has 0 aromatic carbocycles. The monoisotopic (exact) mass is 399 g/mol. The number of carbonyl (C=O) groups excluding carboxylic acids is 1. The Morgan fingerprint density at radius 3 is 2.56 bits per heavy atom. The van der Waals surface area contributed by atoms with Crippen LogP contribution in [0.5, 0.6) is 0 Å². The van der Waals surface area contributed by atoms with Crippen molar-refractivity contribution in [3.05, 3.63) is 11.8 Å². The molecule has 2 aliphatic heterocycles. The average molecular weight is 399 g/mol. The van der Waals surface area contributed by atoms with Gasteiger partial charge >= 0.3 is 16.4 Å². The molecule has 0 radical (unpaired) electrons. The number of urea groups is 1. The summed E-state index contributed by atoms with van der Waals surface area (Å²) in [6, 6.07) is -1.18. The maximum absolute atomic E-state index is 12.5. The second-order valence-corrected chi connectivity index (χ2v) is 9.27. The normalized spacial score (nSPS) is 38.2. The molecule has 3 heterocycles. The van der Waals surface area contributed by atoms with Gasteiger partial charge in [-0.1, -0.05) is 0 Å². The van der Waals surface area contributed by atoms with Gasteiger partial charge in [0.2, 0.25) is 11.8 Å². The number of aromatic nitrogens is 2. The highest BCUT2D eigenvalue weighted by atomic mass is 32.3. The second-order valence-electron chi connectivity index (χ2n) is 8.26. The molecule has 5 rings (SSSR count). The standard InChI is InChI=1S/C15H21N5O6S/c16-9-5-15(6-9)3-8(4-15)12-17-18-13(25-12)11-2-1-10-7-19(11)14(21)20(10)26-27(22,23)24/h8-11H,1-7,16H2,(H,22,23,24)/t8?,9?,10-,11+,15?/m1/s1. The summed E-state index contributed by atoms with van der Waals surface area (Å²) >= 11 is 0. The summed E-state index contributed by atoms with van der Waals surface area (Å²) in [7, 11) is -4.76. The molecule has 3 N–H and O–H groups in total. The van der Waals surface area contributed by atoms with Gasteiger partial charge in [0.1, 0.15) is 6.04 Å². The molecular weight excluding hydrogens is 378 g/mol. The molecule has 2 saturated heterocycles. The largest absolute Gasteiger partial charge is 0.423 e. The van der Waals surface area contributed by atoms with Gasteiger partial charge in [0.15, 0.2) is 0 Å². The number of nitrogens with zero attached hydrogens (tertiary/aromatic N) is 4. The van der Waals surface area contributed by atoms with Gasteiger partial charge in [-0.2, -0.15) is 13.5 Å². The van der Waals surface area contributed by atoms with E-state index in [0.717, 1.165) is 25.7 Å². The molecule has 2 bridgehead atoms. The van der Waals surface area contributed by atoms with Crippen LogP contribution in [0, 0.1) is 5.41 Å². The van der Waals surface area contributed by atoms with Gasteiger partial charge in [0.25, 0.3) is 0 Å². The smallest absolute Gasteiger partial charge is 0.418 e. The van der Waals surface area contributed by atoms with Crippen molar-refractivity contribution in [1.29, 1.82) is 0 Å². The maximum atomic E-state index is 12.5. The van der Waals surface area contributed by atoms with Crippen LogP contribution in [0.4, 0.5) is 4.79 Å². The van der Waals surface area contributed by atoms with Crippen molar-refractivity contribution in [2.75, 3.05) is 6.54 Å². The molecule has 1 aromatic heterocycles. The summed E-state index contributed by atoms with van der Waals surface area (Å²) in [4.78, 5) is 13.9. The molecule has 2 aliphatic carbocycles. The summed E-state index contributed by atoms with van der Waals surface area (Å²) < 4.78 is 41.1. The van der Waals surface area contributed by atoms with Crippen molar-refractivity contribution in [1.82, 2.24) is 20.2 Å². The molecule has 4 fully saturated rings. The van der Waals surface area contributed by atoms with E-state index in [1.165, 1.54) is 4.90 Å². The fraction of sp³-hybridized carbons (Fsp3) is 0.800. The van der Waals surface area contributed by atoms with Crippen molar-refractivity contribution < 1.29 is 26.5 Å². The van der Waals surface area contributed by atoms with E-state index < -0.39 is 28.5 Å². The topological polar surface area (TPSA) is 152 Å². The van der Waals surface area contributed by atoms with Crippen LogP contribution in [0.25, 0.3) is 0 Å². The van der Waals surface area contributed by atoms with Crippen LogP contribution in [0.15, 0.2) is 4.42 Å². The van der Waals surface area contributed by atoms with Gasteiger partial charge in [0, 0.05) is 18.5 Å². The number of rotatable bonds is 4. The van der Waals surface area contributed by atoms with Crippen molar-refractivity contribution in [2.24, 2.45) is 11.1 Å². The first-order valence-electron chi connectivity index (χ1n) is 9.09. The third-order valence-corrected chi connectivity index (χ3v) is 6.69. The number of hydrogen-bond acceptors (Lipinski definition) is 8. The molecule has 11 nitrogen and oxygen atoms in total. The predicted molar refractivity (Wildman–Crippen MR) is 88.3 cm³/mol. The van der Waals surface area contributed by atoms with Crippen LogP contribution < -0.4 is 5.73 Å². The first-order valence-corrected chi connectivity index (χ1v) is 10.5. The number of amides is 2. The minimum absolute atomic E-state index is 0.240. The molecule has 1 aromatic rings. The lowest BCUT2D eigenvalue weighted by molar-refractivity contribution is -0.0317. The Hall–Kier alpha value is -1.76. The van der Waals surface area contributed by atoms with Crippen molar-refractivity contribution in [3.63, 3.8) is 0 Å². The van der Waals surface area contributed by atoms with Gasteiger partial charge in [-0.3, -0.25) is 4.55 Å². The number of hydrogen-bond donors (Lipinski definition) is 2. The highest BCUT2D eigenvalue weighted by molar-refractivity contribution is 7.80. The van der Waals surface area contributed by atoms with E-state index in [0.29, 0.717) is 41.1 Å². The number of hydroxylamine groups is 2. The molecule has 0 unspecified atom stereocenters. The van der Waals surface area contributed by atoms with Crippen molar-refractivity contribution >= 4 is 16.4 Å². The Balaban J connectivity index is 1.28. The summed E-state index contributed by atoms with van der Waals surface area (Å²) in [6.45, 7) is 0.279. The fourth-order valence-corrected chi connectivity index (χ4v) is 5.57. The zero-order valence-electron chi connectivity index (χ0n) is 14.5. The van der Waals surface area contributed by atoms with Crippen LogP contribution in [0.3, 0.4) is 0 Å². The number of carbonyl (C=O) groups is 1. The van der Waals surface area contributed by atoms with E-state index in [2.05, 4.69) is 14.5 Å². The molecular formula is C15H21N5O6S. The summed E-state index contributed by atoms with van der Waals surface area (Å²) in [5.74, 6) is 1.19. The lowest BCUT2D eigenvalue weighted by Gasteiger charge is -2.56.